The lowest BCUT2D eigenvalue weighted by atomic mass is 10.1. The van der Waals surface area contributed by atoms with Crippen LogP contribution in [0.3, 0.4) is 0 Å². The second kappa shape index (κ2) is 8.66. The Bertz CT molecular complexity index is 421. The van der Waals surface area contributed by atoms with Crippen LogP contribution in [-0.4, -0.2) is 24.2 Å². The molecule has 5 heteroatoms. The predicted octanol–water partition coefficient (Wildman–Crippen LogP) is 3.45. The van der Waals surface area contributed by atoms with Crippen molar-refractivity contribution in [2.45, 2.75) is 45.8 Å². The second-order valence-electron chi connectivity index (χ2n) is 5.12. The predicted molar refractivity (Wildman–Crippen MR) is 79.8 cm³/mol. The number of benzene rings is 1. The van der Waals surface area contributed by atoms with E-state index in [2.05, 4.69) is 5.32 Å². The van der Waals surface area contributed by atoms with Crippen LogP contribution in [0.5, 0.6) is 0 Å². The molecule has 0 radical (unpaired) electrons. The first-order chi connectivity index (χ1) is 9.52. The van der Waals surface area contributed by atoms with E-state index in [4.69, 9.17) is 4.74 Å². The van der Waals surface area contributed by atoms with Gasteiger partial charge in [0.25, 0.3) is 5.69 Å². The van der Waals surface area contributed by atoms with Crippen LogP contribution in [0.4, 0.5) is 5.69 Å². The van der Waals surface area contributed by atoms with Crippen LogP contribution in [-0.2, 0) is 4.74 Å². The minimum atomic E-state index is -0.329. The molecule has 112 valence electrons. The molecule has 0 aliphatic rings. The van der Waals surface area contributed by atoms with E-state index >= 15 is 0 Å². The number of nitrogens with zero attached hydrogens (tertiary/aromatic N) is 1. The number of unbranched alkanes of at least 4 members (excludes halogenated alkanes) is 1. The molecule has 0 spiro atoms. The highest BCUT2D eigenvalue weighted by molar-refractivity contribution is 5.41. The van der Waals surface area contributed by atoms with Gasteiger partial charge in [-0.15, -0.1) is 0 Å². The fourth-order valence-corrected chi connectivity index (χ4v) is 1.99. The molecule has 0 bridgehead atoms. The summed E-state index contributed by atoms with van der Waals surface area (Å²) < 4.78 is 5.47. The number of nitro groups is 1. The molecule has 0 amide bonds. The van der Waals surface area contributed by atoms with E-state index in [0.717, 1.165) is 31.6 Å². The van der Waals surface area contributed by atoms with Gasteiger partial charge in [-0.1, -0.05) is 18.2 Å². The topological polar surface area (TPSA) is 64.4 Å². The number of para-hydroxylation sites is 1. The van der Waals surface area contributed by atoms with Crippen LogP contribution in [0.1, 0.15) is 45.2 Å². The van der Waals surface area contributed by atoms with E-state index in [9.17, 15) is 10.1 Å². The lowest BCUT2D eigenvalue weighted by molar-refractivity contribution is -0.385. The highest BCUT2D eigenvalue weighted by Crippen LogP contribution is 2.24. The molecule has 1 rings (SSSR count). The van der Waals surface area contributed by atoms with Crippen molar-refractivity contribution in [3.05, 3.63) is 39.9 Å². The third kappa shape index (κ3) is 5.67. The number of hydrogen-bond acceptors (Lipinski definition) is 4. The Morgan fingerprint density at radius 1 is 1.25 bits per heavy atom. The first-order valence-corrected chi connectivity index (χ1v) is 7.10. The largest absolute Gasteiger partial charge is 0.379 e. The van der Waals surface area contributed by atoms with Crippen LogP contribution >= 0.6 is 0 Å². The lowest BCUT2D eigenvalue weighted by Crippen LogP contribution is -2.21. The summed E-state index contributed by atoms with van der Waals surface area (Å²) in [5.74, 6) is 0. The molecule has 1 aromatic carbocycles. The zero-order chi connectivity index (χ0) is 15.0. The van der Waals surface area contributed by atoms with Crippen molar-refractivity contribution in [1.82, 2.24) is 5.32 Å². The molecule has 20 heavy (non-hydrogen) atoms. The van der Waals surface area contributed by atoms with Crippen molar-refractivity contribution in [1.29, 1.82) is 0 Å². The van der Waals surface area contributed by atoms with Gasteiger partial charge in [0.2, 0.25) is 0 Å². The van der Waals surface area contributed by atoms with Gasteiger partial charge in [-0.25, -0.2) is 0 Å². The first kappa shape index (κ1) is 16.6. The van der Waals surface area contributed by atoms with Gasteiger partial charge in [0.15, 0.2) is 0 Å². The van der Waals surface area contributed by atoms with Gasteiger partial charge < -0.3 is 10.1 Å². The Hall–Kier alpha value is -1.46. The van der Waals surface area contributed by atoms with Gasteiger partial charge >= 0.3 is 0 Å². The molecule has 1 atom stereocenters. The van der Waals surface area contributed by atoms with E-state index in [-0.39, 0.29) is 22.8 Å². The highest BCUT2D eigenvalue weighted by atomic mass is 16.6. The summed E-state index contributed by atoms with van der Waals surface area (Å²) in [6.45, 7) is 7.59. The maximum atomic E-state index is 11.0. The fraction of sp³-hybridized carbons (Fsp3) is 0.600. The average molecular weight is 280 g/mol. The molecule has 0 heterocycles. The van der Waals surface area contributed by atoms with Crippen molar-refractivity contribution >= 4 is 5.69 Å². The Morgan fingerprint density at radius 3 is 2.60 bits per heavy atom. The second-order valence-corrected chi connectivity index (χ2v) is 5.12. The minimum Gasteiger partial charge on any atom is -0.379 e. The van der Waals surface area contributed by atoms with Crippen molar-refractivity contribution in [2.75, 3.05) is 13.2 Å². The normalized spacial score (nSPS) is 12.6. The van der Waals surface area contributed by atoms with Crippen LogP contribution in [0, 0.1) is 10.1 Å². The summed E-state index contributed by atoms with van der Waals surface area (Å²) in [5.41, 5.74) is 0.909. The maximum absolute atomic E-state index is 11.0. The molecule has 5 nitrogen and oxygen atoms in total. The highest BCUT2D eigenvalue weighted by Gasteiger charge is 2.17. The molecule has 1 unspecified atom stereocenters. The molecule has 1 aromatic rings. The Morgan fingerprint density at radius 2 is 1.95 bits per heavy atom. The molecule has 0 fully saturated rings. The molecule has 0 aliphatic carbocycles. The summed E-state index contributed by atoms with van der Waals surface area (Å²) in [6, 6.07) is 6.85. The molecule has 1 N–H and O–H groups in total. The lowest BCUT2D eigenvalue weighted by Gasteiger charge is -2.14. The van der Waals surface area contributed by atoms with Gasteiger partial charge in [0, 0.05) is 24.3 Å². The quantitative estimate of drug-likeness (QED) is 0.427. The third-order valence-electron chi connectivity index (χ3n) is 3.07. The standard InChI is InChI=1S/C15H24N2O3/c1-12(2)20-11-7-6-10-16-13(3)14-8-4-5-9-15(14)17(18)19/h4-5,8-9,12-13,16H,6-7,10-11H2,1-3H3. The number of rotatable bonds is 9. The van der Waals surface area contributed by atoms with E-state index in [1.165, 1.54) is 0 Å². The Kier molecular flexibility index (Phi) is 7.18. The summed E-state index contributed by atoms with van der Waals surface area (Å²) in [7, 11) is 0. The molecule has 0 saturated heterocycles. The van der Waals surface area contributed by atoms with Gasteiger partial charge in [0.05, 0.1) is 11.0 Å². The van der Waals surface area contributed by atoms with E-state index in [1.807, 2.05) is 26.8 Å². The average Bonchev–Trinajstić information content (AvgIpc) is 2.42. The summed E-state index contributed by atoms with van der Waals surface area (Å²) in [5, 5.41) is 14.3. The summed E-state index contributed by atoms with van der Waals surface area (Å²) in [6.07, 6.45) is 2.26. The number of ether oxygens (including phenoxy) is 1. The smallest absolute Gasteiger partial charge is 0.274 e. The van der Waals surface area contributed by atoms with E-state index in [0.29, 0.717) is 0 Å². The first-order valence-electron chi connectivity index (χ1n) is 7.10. The number of nitrogens with one attached hydrogen (secondary N) is 1. The summed E-state index contributed by atoms with van der Waals surface area (Å²) in [4.78, 5) is 10.6. The molecular weight excluding hydrogens is 256 g/mol. The van der Waals surface area contributed by atoms with Crippen LogP contribution in [0.15, 0.2) is 24.3 Å². The van der Waals surface area contributed by atoms with Crippen molar-refractivity contribution in [3.63, 3.8) is 0 Å². The van der Waals surface area contributed by atoms with Crippen molar-refractivity contribution in [3.8, 4) is 0 Å². The molecular formula is C15H24N2O3. The van der Waals surface area contributed by atoms with Crippen LogP contribution < -0.4 is 5.32 Å². The van der Waals surface area contributed by atoms with Gasteiger partial charge in [-0.3, -0.25) is 10.1 Å². The molecule has 0 saturated carbocycles. The fourth-order valence-electron chi connectivity index (χ4n) is 1.99. The SMILES string of the molecule is CC(C)OCCCCNC(C)c1ccccc1[N+](=O)[O-]. The molecule has 0 aromatic heterocycles. The third-order valence-corrected chi connectivity index (χ3v) is 3.07. The zero-order valence-corrected chi connectivity index (χ0v) is 12.5. The van der Waals surface area contributed by atoms with Gasteiger partial charge in [0.1, 0.15) is 0 Å². The monoisotopic (exact) mass is 280 g/mol. The van der Waals surface area contributed by atoms with Crippen LogP contribution in [0.2, 0.25) is 0 Å². The Balaban J connectivity index is 2.36. The van der Waals surface area contributed by atoms with Gasteiger partial charge in [-0.2, -0.15) is 0 Å². The van der Waals surface area contributed by atoms with Gasteiger partial charge in [-0.05, 0) is 40.2 Å². The van der Waals surface area contributed by atoms with Crippen molar-refractivity contribution < 1.29 is 9.66 Å². The Labute approximate surface area is 120 Å². The summed E-state index contributed by atoms with van der Waals surface area (Å²) >= 11 is 0. The minimum absolute atomic E-state index is 0.0254. The number of hydrogen-bond donors (Lipinski definition) is 1. The maximum Gasteiger partial charge on any atom is 0.274 e. The number of nitro benzene ring substituents is 1. The molecule has 0 aliphatic heterocycles. The van der Waals surface area contributed by atoms with E-state index in [1.54, 1.807) is 18.2 Å². The van der Waals surface area contributed by atoms with Crippen molar-refractivity contribution in [2.24, 2.45) is 0 Å². The zero-order valence-electron chi connectivity index (χ0n) is 12.5. The van der Waals surface area contributed by atoms with Crippen LogP contribution in [0.25, 0.3) is 0 Å². The van der Waals surface area contributed by atoms with E-state index < -0.39 is 0 Å².